The van der Waals surface area contributed by atoms with Gasteiger partial charge in [0.05, 0.1) is 4.90 Å². The second kappa shape index (κ2) is 10.3. The highest BCUT2D eigenvalue weighted by molar-refractivity contribution is 7.89. The summed E-state index contributed by atoms with van der Waals surface area (Å²) in [7, 11) is -3.67. The average molecular weight is 461 g/mol. The number of nitrogens with one attached hydrogen (secondary N) is 1. The molecule has 1 N–H and O–H groups in total. The molecule has 0 saturated carbocycles. The summed E-state index contributed by atoms with van der Waals surface area (Å²) in [5.74, 6) is -0.778. The van der Waals surface area contributed by atoms with Crippen LogP contribution in [0.2, 0.25) is 0 Å². The number of rotatable bonds is 7. The number of anilines is 1. The summed E-state index contributed by atoms with van der Waals surface area (Å²) in [6.45, 7) is -2.03. The molecule has 0 unspecified atom stereocenters. The zero-order valence-electron chi connectivity index (χ0n) is 17.0. The maximum atomic E-state index is 12.8. The number of hydrogen-bond donors (Lipinski definition) is 1. The van der Waals surface area contributed by atoms with Gasteiger partial charge in [0.15, 0.2) is 0 Å². The molecule has 1 aliphatic heterocycles. The molecule has 10 heteroatoms. The van der Waals surface area contributed by atoms with E-state index in [4.69, 9.17) is 0 Å². The first-order valence-electron chi connectivity index (χ1n) is 9.88. The third-order valence-corrected chi connectivity index (χ3v) is 6.72. The van der Waals surface area contributed by atoms with Crippen molar-refractivity contribution >= 4 is 27.7 Å². The molecule has 0 bridgehead atoms. The van der Waals surface area contributed by atoms with Crippen molar-refractivity contribution in [3.8, 4) is 11.8 Å². The van der Waals surface area contributed by atoms with Crippen molar-refractivity contribution in [2.75, 3.05) is 18.4 Å². The van der Waals surface area contributed by atoms with Gasteiger partial charge in [-0.05, 0) is 54.8 Å². The first-order valence-corrected chi connectivity index (χ1v) is 11.3. The maximum Gasteiger partial charge on any atom is 0.387 e. The standard InChI is InChI=1S/C22H21F2N3O4S/c23-22(24)31-19-9-7-16(8-10-19)13-17(15-25)21(28)26-18-5-4-6-20(14-18)32(29,30)27-11-2-1-3-12-27/h4-10,13-14,22H,1-3,11-12H2,(H,26,28)/b17-13+. The summed E-state index contributed by atoms with van der Waals surface area (Å²) in [5, 5.41) is 11.9. The van der Waals surface area contributed by atoms with Crippen LogP contribution in [0, 0.1) is 11.3 Å². The SMILES string of the molecule is N#C/C(=C\c1ccc(OC(F)F)cc1)C(=O)Nc1cccc(S(=O)(=O)N2CCCCC2)c1. The number of sulfonamides is 1. The third kappa shape index (κ3) is 5.90. The van der Waals surface area contributed by atoms with Gasteiger partial charge in [0.1, 0.15) is 17.4 Å². The van der Waals surface area contributed by atoms with Crippen molar-refractivity contribution in [2.24, 2.45) is 0 Å². The highest BCUT2D eigenvalue weighted by Crippen LogP contribution is 2.23. The minimum Gasteiger partial charge on any atom is -0.435 e. The molecule has 1 saturated heterocycles. The Hall–Kier alpha value is -3.29. The number of halogens is 2. The second-order valence-electron chi connectivity index (χ2n) is 7.06. The molecule has 1 fully saturated rings. The van der Waals surface area contributed by atoms with E-state index >= 15 is 0 Å². The molecule has 2 aromatic carbocycles. The van der Waals surface area contributed by atoms with Gasteiger partial charge in [-0.15, -0.1) is 0 Å². The van der Waals surface area contributed by atoms with Gasteiger partial charge in [0.2, 0.25) is 10.0 Å². The zero-order valence-corrected chi connectivity index (χ0v) is 17.8. The second-order valence-corrected chi connectivity index (χ2v) is 9.00. The molecular formula is C22H21F2N3O4S. The molecule has 0 aromatic heterocycles. The predicted molar refractivity (Wildman–Crippen MR) is 114 cm³/mol. The summed E-state index contributed by atoms with van der Waals surface area (Å²) < 4.78 is 55.8. The lowest BCUT2D eigenvalue weighted by Crippen LogP contribution is -2.35. The van der Waals surface area contributed by atoms with Crippen molar-refractivity contribution in [2.45, 2.75) is 30.8 Å². The van der Waals surface area contributed by atoms with Crippen LogP contribution >= 0.6 is 0 Å². The summed E-state index contributed by atoms with van der Waals surface area (Å²) in [5.41, 5.74) is 0.423. The van der Waals surface area contributed by atoms with E-state index in [2.05, 4.69) is 10.1 Å². The van der Waals surface area contributed by atoms with Crippen LogP contribution in [-0.4, -0.2) is 38.3 Å². The van der Waals surface area contributed by atoms with Crippen molar-refractivity contribution < 1.29 is 26.7 Å². The van der Waals surface area contributed by atoms with E-state index in [-0.39, 0.29) is 21.9 Å². The quantitative estimate of drug-likeness (QED) is 0.496. The molecule has 0 spiro atoms. The lowest BCUT2D eigenvalue weighted by molar-refractivity contribution is -0.112. The van der Waals surface area contributed by atoms with Gasteiger partial charge in [-0.2, -0.15) is 18.3 Å². The molecule has 1 amide bonds. The van der Waals surface area contributed by atoms with Gasteiger partial charge in [-0.25, -0.2) is 8.42 Å². The maximum absolute atomic E-state index is 12.8. The lowest BCUT2D eigenvalue weighted by Gasteiger charge is -2.26. The summed E-state index contributed by atoms with van der Waals surface area (Å²) in [6, 6.07) is 13.1. The third-order valence-electron chi connectivity index (χ3n) is 4.83. The summed E-state index contributed by atoms with van der Waals surface area (Å²) in [6.07, 6.45) is 3.89. The molecule has 32 heavy (non-hydrogen) atoms. The molecule has 2 aromatic rings. The Labute approximate surface area is 185 Å². The van der Waals surface area contributed by atoms with E-state index < -0.39 is 22.5 Å². The highest BCUT2D eigenvalue weighted by atomic mass is 32.2. The van der Waals surface area contributed by atoms with Crippen LogP contribution in [0.25, 0.3) is 6.08 Å². The Morgan fingerprint density at radius 1 is 1.12 bits per heavy atom. The summed E-state index contributed by atoms with van der Waals surface area (Å²) in [4.78, 5) is 12.6. The average Bonchev–Trinajstić information content (AvgIpc) is 2.79. The van der Waals surface area contributed by atoms with Gasteiger partial charge in [0.25, 0.3) is 5.91 Å². The minimum atomic E-state index is -3.67. The van der Waals surface area contributed by atoms with Crippen molar-refractivity contribution in [3.05, 3.63) is 59.7 Å². The molecule has 3 rings (SSSR count). The molecule has 1 aliphatic rings. The molecule has 168 valence electrons. The van der Waals surface area contributed by atoms with Crippen LogP contribution in [0.1, 0.15) is 24.8 Å². The fourth-order valence-electron chi connectivity index (χ4n) is 3.25. The van der Waals surface area contributed by atoms with Gasteiger partial charge >= 0.3 is 6.61 Å². The minimum absolute atomic E-state index is 0.0492. The number of nitriles is 1. The number of amides is 1. The van der Waals surface area contributed by atoms with E-state index in [9.17, 15) is 27.3 Å². The van der Waals surface area contributed by atoms with Crippen LogP contribution in [0.3, 0.4) is 0 Å². The Kier molecular flexibility index (Phi) is 7.56. The first-order chi connectivity index (χ1) is 15.3. The van der Waals surface area contributed by atoms with Gasteiger partial charge in [0, 0.05) is 18.8 Å². The molecule has 0 radical (unpaired) electrons. The molecule has 7 nitrogen and oxygen atoms in total. The number of alkyl halides is 2. The normalized spacial score (nSPS) is 15.2. The Balaban J connectivity index is 1.75. The fourth-order valence-corrected chi connectivity index (χ4v) is 4.81. The summed E-state index contributed by atoms with van der Waals surface area (Å²) >= 11 is 0. The first kappa shape index (κ1) is 23.4. The number of benzene rings is 2. The molecule has 0 aliphatic carbocycles. The van der Waals surface area contributed by atoms with E-state index in [1.165, 1.54) is 58.9 Å². The largest absolute Gasteiger partial charge is 0.435 e. The van der Waals surface area contributed by atoms with E-state index in [0.29, 0.717) is 18.7 Å². The van der Waals surface area contributed by atoms with Crippen LogP contribution < -0.4 is 10.1 Å². The molecule has 0 atom stereocenters. The van der Waals surface area contributed by atoms with Gasteiger partial charge in [-0.3, -0.25) is 4.79 Å². The van der Waals surface area contributed by atoms with Crippen molar-refractivity contribution in [1.29, 1.82) is 5.26 Å². The molecule has 1 heterocycles. The Morgan fingerprint density at radius 2 is 1.81 bits per heavy atom. The Morgan fingerprint density at radius 3 is 2.44 bits per heavy atom. The lowest BCUT2D eigenvalue weighted by atomic mass is 10.1. The Bertz CT molecular complexity index is 1140. The topological polar surface area (TPSA) is 99.5 Å². The zero-order chi connectivity index (χ0) is 23.1. The van der Waals surface area contributed by atoms with Gasteiger partial charge in [-0.1, -0.05) is 24.6 Å². The van der Waals surface area contributed by atoms with Crippen LogP contribution in [-0.2, 0) is 14.8 Å². The van der Waals surface area contributed by atoms with Crippen molar-refractivity contribution in [3.63, 3.8) is 0 Å². The van der Waals surface area contributed by atoms with Crippen molar-refractivity contribution in [1.82, 2.24) is 4.31 Å². The number of carbonyl (C=O) groups excluding carboxylic acids is 1. The fraction of sp³-hybridized carbons (Fsp3) is 0.273. The van der Waals surface area contributed by atoms with Crippen LogP contribution in [0.15, 0.2) is 59.0 Å². The van der Waals surface area contributed by atoms with E-state index in [1.807, 2.05) is 0 Å². The smallest absolute Gasteiger partial charge is 0.387 e. The van der Waals surface area contributed by atoms with Gasteiger partial charge < -0.3 is 10.1 Å². The predicted octanol–water partition coefficient (Wildman–Crippen LogP) is 4.01. The van der Waals surface area contributed by atoms with E-state index in [1.54, 1.807) is 6.07 Å². The highest BCUT2D eigenvalue weighted by Gasteiger charge is 2.26. The van der Waals surface area contributed by atoms with Crippen LogP contribution in [0.5, 0.6) is 5.75 Å². The monoisotopic (exact) mass is 461 g/mol. The number of ether oxygens (including phenoxy) is 1. The number of hydrogen-bond acceptors (Lipinski definition) is 5. The molecular weight excluding hydrogens is 440 g/mol. The van der Waals surface area contributed by atoms with E-state index in [0.717, 1.165) is 19.3 Å². The van der Waals surface area contributed by atoms with Crippen LogP contribution in [0.4, 0.5) is 14.5 Å². The number of piperidine rings is 1. The number of carbonyl (C=O) groups is 1. The number of nitrogens with zero attached hydrogens (tertiary/aromatic N) is 2.